The van der Waals surface area contributed by atoms with Crippen molar-refractivity contribution in [3.63, 3.8) is 0 Å². The summed E-state index contributed by atoms with van der Waals surface area (Å²) in [7, 11) is 1.83. The van der Waals surface area contributed by atoms with Crippen LogP contribution in [0.15, 0.2) is 0 Å². The van der Waals surface area contributed by atoms with Gasteiger partial charge in [0.2, 0.25) is 0 Å². The second-order valence-electron chi connectivity index (χ2n) is 6.98. The van der Waals surface area contributed by atoms with E-state index in [1.54, 1.807) is 0 Å². The van der Waals surface area contributed by atoms with Crippen LogP contribution in [0.4, 0.5) is 0 Å². The van der Waals surface area contributed by atoms with Crippen molar-refractivity contribution in [2.75, 3.05) is 33.4 Å². The number of nitrogens with one attached hydrogen (secondary N) is 1. The zero-order valence-electron chi connectivity index (χ0n) is 13.7. The van der Waals surface area contributed by atoms with Gasteiger partial charge in [-0.05, 0) is 70.0 Å². The van der Waals surface area contributed by atoms with Crippen LogP contribution in [0, 0.1) is 11.8 Å². The van der Waals surface area contributed by atoms with Crippen LogP contribution in [0.3, 0.4) is 0 Å². The van der Waals surface area contributed by atoms with Crippen LogP contribution in [0.1, 0.15) is 52.4 Å². The summed E-state index contributed by atoms with van der Waals surface area (Å²) in [5.74, 6) is 1.69. The first-order valence-corrected chi connectivity index (χ1v) is 8.71. The predicted octanol–water partition coefficient (Wildman–Crippen LogP) is 2.90. The molecule has 0 spiro atoms. The topological polar surface area (TPSA) is 24.5 Å². The molecule has 1 N–H and O–H groups in total. The van der Waals surface area contributed by atoms with Crippen molar-refractivity contribution in [3.05, 3.63) is 0 Å². The number of hydrogen-bond acceptors (Lipinski definition) is 3. The van der Waals surface area contributed by atoms with Crippen LogP contribution < -0.4 is 5.32 Å². The Balaban J connectivity index is 1.86. The van der Waals surface area contributed by atoms with Crippen molar-refractivity contribution >= 4 is 0 Å². The van der Waals surface area contributed by atoms with Gasteiger partial charge in [0.15, 0.2) is 0 Å². The van der Waals surface area contributed by atoms with Crippen molar-refractivity contribution in [3.8, 4) is 0 Å². The molecule has 1 saturated carbocycles. The van der Waals surface area contributed by atoms with Gasteiger partial charge in [-0.2, -0.15) is 0 Å². The van der Waals surface area contributed by atoms with Crippen LogP contribution >= 0.6 is 0 Å². The molecule has 118 valence electrons. The lowest BCUT2D eigenvalue weighted by Crippen LogP contribution is -2.55. The zero-order valence-corrected chi connectivity index (χ0v) is 13.7. The Morgan fingerprint density at radius 3 is 2.55 bits per heavy atom. The smallest absolute Gasteiger partial charge is 0.0491 e. The molecule has 0 aromatic heterocycles. The van der Waals surface area contributed by atoms with E-state index in [4.69, 9.17) is 4.74 Å². The van der Waals surface area contributed by atoms with Gasteiger partial charge in [0.1, 0.15) is 0 Å². The maximum atomic E-state index is 5.32. The van der Waals surface area contributed by atoms with Gasteiger partial charge in [0.05, 0.1) is 0 Å². The Morgan fingerprint density at radius 1 is 1.15 bits per heavy atom. The van der Waals surface area contributed by atoms with Gasteiger partial charge in [0, 0.05) is 25.8 Å². The lowest BCUT2D eigenvalue weighted by Gasteiger charge is -2.45. The van der Waals surface area contributed by atoms with Gasteiger partial charge in [0.25, 0.3) is 0 Å². The highest BCUT2D eigenvalue weighted by molar-refractivity contribution is 4.91. The van der Waals surface area contributed by atoms with Crippen LogP contribution in [0.2, 0.25) is 0 Å². The normalized spacial score (nSPS) is 33.5. The number of piperidine rings is 1. The SMILES string of the molecule is CCCNC1CCC(C)CC1N1CCC(COC)CC1. The highest BCUT2D eigenvalue weighted by atomic mass is 16.5. The molecule has 3 unspecified atom stereocenters. The van der Waals surface area contributed by atoms with Crippen LogP contribution in [0.25, 0.3) is 0 Å². The quantitative estimate of drug-likeness (QED) is 0.811. The van der Waals surface area contributed by atoms with E-state index in [1.807, 2.05) is 7.11 Å². The fourth-order valence-corrected chi connectivity index (χ4v) is 4.01. The van der Waals surface area contributed by atoms with Crippen LogP contribution in [-0.2, 0) is 4.74 Å². The second-order valence-corrected chi connectivity index (χ2v) is 6.98. The Hall–Kier alpha value is -0.120. The molecule has 1 aliphatic heterocycles. The predicted molar refractivity (Wildman–Crippen MR) is 85.1 cm³/mol. The zero-order chi connectivity index (χ0) is 14.4. The van der Waals surface area contributed by atoms with E-state index in [2.05, 4.69) is 24.1 Å². The highest BCUT2D eigenvalue weighted by Crippen LogP contribution is 2.30. The first-order valence-electron chi connectivity index (χ1n) is 8.71. The van der Waals surface area contributed by atoms with Crippen LogP contribution in [0.5, 0.6) is 0 Å². The van der Waals surface area contributed by atoms with E-state index in [1.165, 1.54) is 58.2 Å². The molecule has 1 saturated heterocycles. The average Bonchev–Trinajstić information content (AvgIpc) is 2.47. The molecule has 0 aromatic carbocycles. The lowest BCUT2D eigenvalue weighted by molar-refractivity contribution is 0.0463. The number of hydrogen-bond donors (Lipinski definition) is 1. The third-order valence-electron chi connectivity index (χ3n) is 5.26. The first-order chi connectivity index (χ1) is 9.74. The van der Waals surface area contributed by atoms with Crippen molar-refractivity contribution in [2.24, 2.45) is 11.8 Å². The third-order valence-corrected chi connectivity index (χ3v) is 5.26. The molecule has 20 heavy (non-hydrogen) atoms. The minimum Gasteiger partial charge on any atom is -0.384 e. The van der Waals surface area contributed by atoms with E-state index in [9.17, 15) is 0 Å². The number of methoxy groups -OCH3 is 1. The third kappa shape index (κ3) is 4.44. The first kappa shape index (κ1) is 16.3. The lowest BCUT2D eigenvalue weighted by atomic mass is 9.81. The van der Waals surface area contributed by atoms with Gasteiger partial charge < -0.3 is 10.1 Å². The molecule has 0 radical (unpaired) electrons. The summed E-state index contributed by atoms with van der Waals surface area (Å²) in [6, 6.07) is 1.50. The van der Waals surface area contributed by atoms with E-state index < -0.39 is 0 Å². The molecule has 1 heterocycles. The van der Waals surface area contributed by atoms with E-state index in [0.717, 1.165) is 30.5 Å². The van der Waals surface area contributed by atoms with Gasteiger partial charge in [-0.25, -0.2) is 0 Å². The summed E-state index contributed by atoms with van der Waals surface area (Å²) < 4.78 is 5.32. The second kappa shape index (κ2) is 8.35. The molecule has 0 amide bonds. The Bertz CT molecular complexity index is 262. The molecular formula is C17H34N2O. The summed E-state index contributed by atoms with van der Waals surface area (Å²) in [6.07, 6.45) is 8.03. The Morgan fingerprint density at radius 2 is 1.90 bits per heavy atom. The Labute approximate surface area is 125 Å². The maximum Gasteiger partial charge on any atom is 0.0491 e. The van der Waals surface area contributed by atoms with E-state index >= 15 is 0 Å². The highest BCUT2D eigenvalue weighted by Gasteiger charge is 2.34. The van der Waals surface area contributed by atoms with Crippen molar-refractivity contribution < 1.29 is 4.74 Å². The van der Waals surface area contributed by atoms with Gasteiger partial charge in [-0.1, -0.05) is 13.8 Å². The number of ether oxygens (including phenoxy) is 1. The van der Waals surface area contributed by atoms with Crippen LogP contribution in [-0.4, -0.2) is 50.3 Å². The van der Waals surface area contributed by atoms with Gasteiger partial charge >= 0.3 is 0 Å². The summed E-state index contributed by atoms with van der Waals surface area (Å²) in [5, 5.41) is 3.81. The Kier molecular flexibility index (Phi) is 6.79. The molecule has 3 heteroatoms. The minimum atomic E-state index is 0.727. The molecule has 2 aliphatic rings. The van der Waals surface area contributed by atoms with Crippen molar-refractivity contribution in [1.82, 2.24) is 10.2 Å². The minimum absolute atomic E-state index is 0.727. The summed E-state index contributed by atoms with van der Waals surface area (Å²) in [5.41, 5.74) is 0. The summed E-state index contributed by atoms with van der Waals surface area (Å²) >= 11 is 0. The molecule has 0 bridgehead atoms. The fraction of sp³-hybridized carbons (Fsp3) is 1.00. The summed E-state index contributed by atoms with van der Waals surface area (Å²) in [6.45, 7) is 9.37. The number of rotatable bonds is 6. The average molecular weight is 282 g/mol. The molecule has 3 atom stereocenters. The molecule has 2 rings (SSSR count). The summed E-state index contributed by atoms with van der Waals surface area (Å²) in [4.78, 5) is 2.77. The number of nitrogens with zero attached hydrogens (tertiary/aromatic N) is 1. The van der Waals surface area contributed by atoms with Crippen molar-refractivity contribution in [1.29, 1.82) is 0 Å². The standard InChI is InChI=1S/C17H34N2O/c1-4-9-18-16-6-5-14(2)12-17(16)19-10-7-15(8-11-19)13-20-3/h14-18H,4-13H2,1-3H3. The molecular weight excluding hydrogens is 248 g/mol. The molecule has 2 fully saturated rings. The van der Waals surface area contributed by atoms with Crippen molar-refractivity contribution in [2.45, 2.75) is 64.5 Å². The molecule has 1 aliphatic carbocycles. The van der Waals surface area contributed by atoms with E-state index in [0.29, 0.717) is 0 Å². The number of likely N-dealkylation sites (tertiary alicyclic amines) is 1. The van der Waals surface area contributed by atoms with E-state index in [-0.39, 0.29) is 0 Å². The molecule has 3 nitrogen and oxygen atoms in total. The fourth-order valence-electron chi connectivity index (χ4n) is 4.01. The van der Waals surface area contributed by atoms with Gasteiger partial charge in [-0.3, -0.25) is 4.90 Å². The monoisotopic (exact) mass is 282 g/mol. The van der Waals surface area contributed by atoms with Gasteiger partial charge in [-0.15, -0.1) is 0 Å². The maximum absolute atomic E-state index is 5.32. The molecule has 0 aromatic rings. The largest absolute Gasteiger partial charge is 0.384 e.